The first-order valence-corrected chi connectivity index (χ1v) is 5.07. The van der Waals surface area contributed by atoms with Gasteiger partial charge in [0, 0.05) is 25.2 Å². The van der Waals surface area contributed by atoms with E-state index >= 15 is 0 Å². The van der Waals surface area contributed by atoms with Gasteiger partial charge in [-0.2, -0.15) is 5.10 Å². The van der Waals surface area contributed by atoms with Gasteiger partial charge in [-0.1, -0.05) is 6.92 Å². The highest BCUT2D eigenvalue weighted by Gasteiger charge is 2.03. The smallest absolute Gasteiger partial charge is 0.124 e. The van der Waals surface area contributed by atoms with Crippen LogP contribution in [0.3, 0.4) is 0 Å². The first kappa shape index (κ1) is 9.83. The fourth-order valence-corrected chi connectivity index (χ4v) is 1.45. The molecule has 2 aromatic rings. The predicted molar refractivity (Wildman–Crippen MR) is 58.6 cm³/mol. The lowest BCUT2D eigenvalue weighted by molar-refractivity contribution is 0.564. The van der Waals surface area contributed by atoms with E-state index in [4.69, 9.17) is 4.42 Å². The van der Waals surface area contributed by atoms with E-state index in [1.165, 1.54) is 0 Å². The lowest BCUT2D eigenvalue weighted by atomic mass is 10.3. The van der Waals surface area contributed by atoms with E-state index in [2.05, 4.69) is 23.4 Å². The number of nitrogens with zero attached hydrogens (tertiary/aromatic N) is 2. The van der Waals surface area contributed by atoms with Crippen LogP contribution in [0.4, 0.5) is 5.82 Å². The molecule has 0 saturated carbocycles. The first-order valence-electron chi connectivity index (χ1n) is 5.07. The maximum atomic E-state index is 5.00. The van der Waals surface area contributed by atoms with Gasteiger partial charge in [0.15, 0.2) is 0 Å². The van der Waals surface area contributed by atoms with E-state index in [1.54, 1.807) is 12.5 Å². The fourth-order valence-electron chi connectivity index (χ4n) is 1.45. The summed E-state index contributed by atoms with van der Waals surface area (Å²) < 4.78 is 6.86. The van der Waals surface area contributed by atoms with E-state index in [1.807, 2.05) is 17.8 Å². The number of rotatable bonds is 4. The second kappa shape index (κ2) is 4.21. The monoisotopic (exact) mass is 205 g/mol. The van der Waals surface area contributed by atoms with E-state index in [9.17, 15) is 0 Å². The zero-order valence-corrected chi connectivity index (χ0v) is 9.03. The van der Waals surface area contributed by atoms with Crippen LogP contribution in [-0.4, -0.2) is 9.78 Å². The summed E-state index contributed by atoms with van der Waals surface area (Å²) in [7, 11) is 1.94. The van der Waals surface area contributed by atoms with Gasteiger partial charge >= 0.3 is 0 Å². The molecule has 1 N–H and O–H groups in total. The van der Waals surface area contributed by atoms with Gasteiger partial charge in [0.2, 0.25) is 0 Å². The quantitative estimate of drug-likeness (QED) is 0.832. The lowest BCUT2D eigenvalue weighted by Gasteiger charge is -2.03. The molecule has 15 heavy (non-hydrogen) atoms. The first-order chi connectivity index (χ1) is 7.29. The van der Waals surface area contributed by atoms with Crippen molar-refractivity contribution in [3.8, 4) is 0 Å². The van der Waals surface area contributed by atoms with Crippen molar-refractivity contribution in [1.29, 1.82) is 0 Å². The minimum atomic E-state index is 0.763. The Balaban J connectivity index is 2.01. The van der Waals surface area contributed by atoms with Crippen LogP contribution in [0.25, 0.3) is 0 Å². The van der Waals surface area contributed by atoms with Crippen LogP contribution < -0.4 is 5.32 Å². The summed E-state index contributed by atoms with van der Waals surface area (Å²) in [6, 6.07) is 4.02. The molecule has 0 aliphatic heterocycles. The van der Waals surface area contributed by atoms with Gasteiger partial charge in [-0.05, 0) is 12.5 Å². The van der Waals surface area contributed by atoms with E-state index in [-0.39, 0.29) is 0 Å². The van der Waals surface area contributed by atoms with Gasteiger partial charge in [0.1, 0.15) is 5.82 Å². The van der Waals surface area contributed by atoms with Crippen LogP contribution in [0, 0.1) is 0 Å². The van der Waals surface area contributed by atoms with Crippen molar-refractivity contribution >= 4 is 5.82 Å². The molecule has 0 spiro atoms. The molecule has 80 valence electrons. The molecule has 0 fully saturated rings. The molecule has 2 rings (SSSR count). The van der Waals surface area contributed by atoms with Crippen molar-refractivity contribution < 1.29 is 4.42 Å². The van der Waals surface area contributed by atoms with Crippen LogP contribution in [0.1, 0.15) is 18.2 Å². The summed E-state index contributed by atoms with van der Waals surface area (Å²) in [6.45, 7) is 2.86. The maximum absolute atomic E-state index is 5.00. The van der Waals surface area contributed by atoms with Crippen LogP contribution >= 0.6 is 0 Å². The third-order valence-corrected chi connectivity index (χ3v) is 2.35. The Morgan fingerprint density at radius 3 is 3.00 bits per heavy atom. The lowest BCUT2D eigenvalue weighted by Crippen LogP contribution is -2.03. The molecular formula is C11H15N3O. The zero-order chi connectivity index (χ0) is 10.7. The molecule has 0 radical (unpaired) electrons. The average Bonchev–Trinajstić information content (AvgIpc) is 2.84. The Labute approximate surface area is 88.9 Å². The normalized spacial score (nSPS) is 10.5. The van der Waals surface area contributed by atoms with Crippen molar-refractivity contribution in [1.82, 2.24) is 9.78 Å². The van der Waals surface area contributed by atoms with Gasteiger partial charge in [0.25, 0.3) is 0 Å². The summed E-state index contributed by atoms with van der Waals surface area (Å²) in [5, 5.41) is 7.67. The predicted octanol–water partition coefficient (Wildman–Crippen LogP) is 2.19. The summed E-state index contributed by atoms with van der Waals surface area (Å²) in [5.74, 6) is 1.04. The fraction of sp³-hybridized carbons (Fsp3) is 0.364. The van der Waals surface area contributed by atoms with Crippen molar-refractivity contribution in [2.75, 3.05) is 5.32 Å². The number of aryl methyl sites for hydroxylation is 2. The summed E-state index contributed by atoms with van der Waals surface area (Å²) in [6.07, 6.45) is 4.38. The topological polar surface area (TPSA) is 43.0 Å². The number of anilines is 1. The van der Waals surface area contributed by atoms with Gasteiger partial charge < -0.3 is 9.73 Å². The largest absolute Gasteiger partial charge is 0.472 e. The van der Waals surface area contributed by atoms with Gasteiger partial charge in [-0.3, -0.25) is 4.68 Å². The number of hydrogen-bond donors (Lipinski definition) is 1. The van der Waals surface area contributed by atoms with Crippen molar-refractivity contribution in [3.05, 3.63) is 35.9 Å². The number of furan rings is 1. The van der Waals surface area contributed by atoms with Gasteiger partial charge in [-0.15, -0.1) is 0 Å². The second-order valence-electron chi connectivity index (χ2n) is 3.48. The van der Waals surface area contributed by atoms with E-state index < -0.39 is 0 Å². The van der Waals surface area contributed by atoms with Crippen molar-refractivity contribution in [2.45, 2.75) is 19.9 Å². The van der Waals surface area contributed by atoms with Crippen LogP contribution in [0.2, 0.25) is 0 Å². The second-order valence-corrected chi connectivity index (χ2v) is 3.48. The maximum Gasteiger partial charge on any atom is 0.124 e. The van der Waals surface area contributed by atoms with Gasteiger partial charge in [-0.25, -0.2) is 0 Å². The SMILES string of the molecule is CCc1cc(NCc2ccoc2)n(C)n1. The third-order valence-electron chi connectivity index (χ3n) is 2.35. The van der Waals surface area contributed by atoms with Gasteiger partial charge in [0.05, 0.1) is 18.2 Å². The average molecular weight is 205 g/mol. The standard InChI is InChI=1S/C11H15N3O/c1-3-10-6-11(14(2)13-10)12-7-9-4-5-15-8-9/h4-6,8,12H,3,7H2,1-2H3. The number of hydrogen-bond acceptors (Lipinski definition) is 3. The molecule has 0 bridgehead atoms. The number of nitrogens with one attached hydrogen (secondary N) is 1. The molecule has 4 heteroatoms. The third kappa shape index (κ3) is 2.21. The molecule has 0 aliphatic rings. The van der Waals surface area contributed by atoms with E-state index in [0.29, 0.717) is 0 Å². The minimum Gasteiger partial charge on any atom is -0.472 e. The number of aromatic nitrogens is 2. The zero-order valence-electron chi connectivity index (χ0n) is 9.03. The Kier molecular flexibility index (Phi) is 2.76. The summed E-state index contributed by atoms with van der Waals surface area (Å²) in [5.41, 5.74) is 2.24. The highest BCUT2D eigenvalue weighted by Crippen LogP contribution is 2.11. The van der Waals surface area contributed by atoms with Crippen LogP contribution in [-0.2, 0) is 20.0 Å². The van der Waals surface area contributed by atoms with Crippen molar-refractivity contribution in [2.24, 2.45) is 7.05 Å². The van der Waals surface area contributed by atoms with E-state index in [0.717, 1.165) is 30.0 Å². The molecule has 2 heterocycles. The molecule has 0 unspecified atom stereocenters. The highest BCUT2D eigenvalue weighted by molar-refractivity contribution is 5.37. The van der Waals surface area contributed by atoms with Crippen LogP contribution in [0.5, 0.6) is 0 Å². The molecule has 0 aliphatic carbocycles. The van der Waals surface area contributed by atoms with Crippen molar-refractivity contribution in [3.63, 3.8) is 0 Å². The molecule has 0 atom stereocenters. The molecular weight excluding hydrogens is 190 g/mol. The Morgan fingerprint density at radius 2 is 2.40 bits per heavy atom. The Morgan fingerprint density at radius 1 is 1.53 bits per heavy atom. The Hall–Kier alpha value is -1.71. The highest BCUT2D eigenvalue weighted by atomic mass is 16.3. The Bertz CT molecular complexity index is 417. The summed E-state index contributed by atoms with van der Waals surface area (Å²) >= 11 is 0. The molecule has 4 nitrogen and oxygen atoms in total. The summed E-state index contributed by atoms with van der Waals surface area (Å²) in [4.78, 5) is 0. The molecule has 0 saturated heterocycles. The minimum absolute atomic E-state index is 0.763. The molecule has 0 aromatic carbocycles. The molecule has 2 aromatic heterocycles. The van der Waals surface area contributed by atoms with Crippen LogP contribution in [0.15, 0.2) is 29.1 Å². The molecule has 0 amide bonds.